The van der Waals surface area contributed by atoms with E-state index in [9.17, 15) is 4.79 Å². The molecule has 138 valence electrons. The molecular formula is C18H34BNO4. The average molecular weight is 339 g/mol. The SMILES string of the molecule is CC/C=C(\CC(C)B1OC(C)(C)C(C)(C)O1)NC(=O)OC(C)(C)C. The summed E-state index contributed by atoms with van der Waals surface area (Å²) >= 11 is 0. The lowest BCUT2D eigenvalue weighted by Gasteiger charge is -2.32. The molecule has 0 bridgehead atoms. The van der Waals surface area contributed by atoms with Gasteiger partial charge in [-0.25, -0.2) is 4.79 Å². The number of carbonyl (C=O) groups is 1. The van der Waals surface area contributed by atoms with Gasteiger partial charge >= 0.3 is 13.2 Å². The molecule has 1 atom stereocenters. The van der Waals surface area contributed by atoms with Crippen LogP contribution in [-0.2, 0) is 14.0 Å². The first-order valence-corrected chi connectivity index (χ1v) is 8.82. The number of nitrogens with one attached hydrogen (secondary N) is 1. The summed E-state index contributed by atoms with van der Waals surface area (Å²) in [6, 6.07) is 0. The van der Waals surface area contributed by atoms with Gasteiger partial charge in [-0.3, -0.25) is 5.32 Å². The van der Waals surface area contributed by atoms with Crippen molar-refractivity contribution in [3.63, 3.8) is 0 Å². The van der Waals surface area contributed by atoms with Gasteiger partial charge in [0.1, 0.15) is 5.60 Å². The first-order chi connectivity index (χ1) is 10.8. The summed E-state index contributed by atoms with van der Waals surface area (Å²) in [4.78, 5) is 12.0. The van der Waals surface area contributed by atoms with Gasteiger partial charge in [0.05, 0.1) is 11.2 Å². The Kier molecular flexibility index (Phi) is 6.56. The molecule has 1 heterocycles. The van der Waals surface area contributed by atoms with Crippen LogP contribution in [0.25, 0.3) is 0 Å². The van der Waals surface area contributed by atoms with Gasteiger partial charge in [0.2, 0.25) is 0 Å². The predicted molar refractivity (Wildman–Crippen MR) is 97.9 cm³/mol. The molecule has 0 aliphatic carbocycles. The number of rotatable bonds is 5. The molecule has 1 N–H and O–H groups in total. The Hall–Kier alpha value is -1.01. The van der Waals surface area contributed by atoms with Crippen LogP contribution in [0.15, 0.2) is 11.8 Å². The van der Waals surface area contributed by atoms with Crippen LogP contribution in [0, 0.1) is 0 Å². The van der Waals surface area contributed by atoms with E-state index in [1.54, 1.807) is 0 Å². The first kappa shape index (κ1) is 21.0. The zero-order valence-electron chi connectivity index (χ0n) is 16.8. The monoisotopic (exact) mass is 339 g/mol. The van der Waals surface area contributed by atoms with Crippen molar-refractivity contribution in [1.29, 1.82) is 0 Å². The lowest BCUT2D eigenvalue weighted by molar-refractivity contribution is 0.00578. The molecule has 1 saturated heterocycles. The minimum atomic E-state index is -0.515. The van der Waals surface area contributed by atoms with Crippen LogP contribution < -0.4 is 5.32 Å². The van der Waals surface area contributed by atoms with Crippen molar-refractivity contribution in [1.82, 2.24) is 5.32 Å². The summed E-state index contributed by atoms with van der Waals surface area (Å²) in [7, 11) is -0.296. The maximum absolute atomic E-state index is 12.0. The van der Waals surface area contributed by atoms with E-state index in [0.717, 1.165) is 12.1 Å². The molecule has 1 aliphatic rings. The van der Waals surface area contributed by atoms with Crippen molar-refractivity contribution >= 4 is 13.2 Å². The standard InChI is InChI=1S/C18H34BNO4/c1-10-11-14(20-15(21)22-16(3,4)5)12-13(2)19-23-17(6,7)18(8,9)24-19/h11,13H,10,12H2,1-9H3,(H,20,21)/b14-11+. The maximum Gasteiger partial charge on any atom is 0.461 e. The fraction of sp³-hybridized carbons (Fsp3) is 0.833. The maximum atomic E-state index is 12.0. The van der Waals surface area contributed by atoms with Gasteiger partial charge < -0.3 is 14.0 Å². The normalized spacial score (nSPS) is 21.5. The van der Waals surface area contributed by atoms with Crippen LogP contribution in [0.1, 0.15) is 75.2 Å². The summed E-state index contributed by atoms with van der Waals surface area (Å²) in [6.07, 6.45) is 3.07. The van der Waals surface area contributed by atoms with E-state index in [1.807, 2.05) is 61.5 Å². The molecule has 1 unspecified atom stereocenters. The topological polar surface area (TPSA) is 56.8 Å². The summed E-state index contributed by atoms with van der Waals surface area (Å²) in [5.41, 5.74) is -0.370. The van der Waals surface area contributed by atoms with Crippen molar-refractivity contribution in [2.75, 3.05) is 0 Å². The van der Waals surface area contributed by atoms with Gasteiger partial charge in [0.15, 0.2) is 0 Å². The average Bonchev–Trinajstić information content (AvgIpc) is 2.56. The first-order valence-electron chi connectivity index (χ1n) is 8.82. The van der Waals surface area contributed by atoms with Gasteiger partial charge in [-0.15, -0.1) is 0 Å². The summed E-state index contributed by atoms with van der Waals surface area (Å²) in [5.74, 6) is 0.110. The van der Waals surface area contributed by atoms with E-state index < -0.39 is 11.7 Å². The highest BCUT2D eigenvalue weighted by Gasteiger charge is 2.52. The summed E-state index contributed by atoms with van der Waals surface area (Å²) in [6.45, 7) is 17.8. The highest BCUT2D eigenvalue weighted by Crippen LogP contribution is 2.41. The highest BCUT2D eigenvalue weighted by atomic mass is 16.7. The van der Waals surface area contributed by atoms with Crippen LogP contribution in [0.5, 0.6) is 0 Å². The highest BCUT2D eigenvalue weighted by molar-refractivity contribution is 6.47. The Morgan fingerprint density at radius 2 is 1.71 bits per heavy atom. The van der Waals surface area contributed by atoms with E-state index in [0.29, 0.717) is 6.42 Å². The zero-order chi connectivity index (χ0) is 18.8. The number of alkyl carbamates (subject to hydrolysis) is 1. The Labute approximate surface area is 147 Å². The van der Waals surface area contributed by atoms with Crippen molar-refractivity contribution in [3.05, 3.63) is 11.8 Å². The fourth-order valence-corrected chi connectivity index (χ4v) is 2.43. The molecule has 0 saturated carbocycles. The van der Waals surface area contributed by atoms with Crippen LogP contribution in [-0.4, -0.2) is 30.0 Å². The number of amides is 1. The fourth-order valence-electron chi connectivity index (χ4n) is 2.43. The van der Waals surface area contributed by atoms with Crippen molar-refractivity contribution < 1.29 is 18.8 Å². The second-order valence-corrected chi connectivity index (χ2v) is 8.57. The van der Waals surface area contributed by atoms with Crippen LogP contribution in [0.2, 0.25) is 5.82 Å². The van der Waals surface area contributed by atoms with Gasteiger partial charge in [0.25, 0.3) is 0 Å². The summed E-state index contributed by atoms with van der Waals surface area (Å²) in [5, 5.41) is 2.86. The number of carbonyl (C=O) groups excluding carboxylic acids is 1. The van der Waals surface area contributed by atoms with Gasteiger partial charge in [0, 0.05) is 5.70 Å². The Bertz CT molecular complexity index is 464. The number of hydrogen-bond acceptors (Lipinski definition) is 4. The molecule has 1 fully saturated rings. The Morgan fingerprint density at radius 1 is 1.21 bits per heavy atom. The summed E-state index contributed by atoms with van der Waals surface area (Å²) < 4.78 is 17.5. The van der Waals surface area contributed by atoms with E-state index in [4.69, 9.17) is 14.0 Å². The molecule has 0 spiro atoms. The lowest BCUT2D eigenvalue weighted by atomic mass is 9.70. The molecule has 0 aromatic carbocycles. The largest absolute Gasteiger partial charge is 0.461 e. The molecule has 6 heteroatoms. The smallest absolute Gasteiger partial charge is 0.444 e. The van der Waals surface area contributed by atoms with E-state index in [2.05, 4.69) is 12.2 Å². The van der Waals surface area contributed by atoms with Crippen molar-refractivity contribution in [3.8, 4) is 0 Å². The third kappa shape index (κ3) is 5.81. The Balaban J connectivity index is 2.70. The molecule has 1 amide bonds. The molecule has 0 aromatic heterocycles. The number of ether oxygens (including phenoxy) is 1. The quantitative estimate of drug-likeness (QED) is 0.739. The lowest BCUT2D eigenvalue weighted by Crippen LogP contribution is -2.41. The van der Waals surface area contributed by atoms with Crippen molar-refractivity contribution in [2.24, 2.45) is 0 Å². The molecule has 1 aliphatic heterocycles. The predicted octanol–water partition coefficient (Wildman–Crippen LogP) is 4.68. The third-order valence-electron chi connectivity index (χ3n) is 4.39. The van der Waals surface area contributed by atoms with Crippen molar-refractivity contribution in [2.45, 2.75) is 97.8 Å². The van der Waals surface area contributed by atoms with Gasteiger partial charge in [-0.2, -0.15) is 0 Å². The molecule has 0 radical (unpaired) electrons. The van der Waals surface area contributed by atoms with E-state index in [-0.39, 0.29) is 24.1 Å². The molecule has 0 aromatic rings. The molecule has 1 rings (SSSR count). The minimum Gasteiger partial charge on any atom is -0.444 e. The van der Waals surface area contributed by atoms with Gasteiger partial charge in [-0.05, 0) is 67.1 Å². The number of hydrogen-bond donors (Lipinski definition) is 1. The van der Waals surface area contributed by atoms with Crippen LogP contribution >= 0.6 is 0 Å². The number of allylic oxidation sites excluding steroid dienone is 2. The second-order valence-electron chi connectivity index (χ2n) is 8.57. The van der Waals surface area contributed by atoms with E-state index in [1.165, 1.54) is 0 Å². The molecule has 5 nitrogen and oxygen atoms in total. The molecular weight excluding hydrogens is 305 g/mol. The Morgan fingerprint density at radius 3 is 2.12 bits per heavy atom. The molecule has 24 heavy (non-hydrogen) atoms. The van der Waals surface area contributed by atoms with E-state index >= 15 is 0 Å². The van der Waals surface area contributed by atoms with Crippen LogP contribution in [0.3, 0.4) is 0 Å². The van der Waals surface area contributed by atoms with Gasteiger partial charge in [-0.1, -0.05) is 19.9 Å². The zero-order valence-corrected chi connectivity index (χ0v) is 16.8. The minimum absolute atomic E-state index is 0.110. The van der Waals surface area contributed by atoms with Crippen LogP contribution in [0.4, 0.5) is 4.79 Å². The second kappa shape index (κ2) is 7.48. The third-order valence-corrected chi connectivity index (χ3v) is 4.39.